The van der Waals surface area contributed by atoms with Crippen molar-refractivity contribution in [3.05, 3.63) is 23.3 Å². The summed E-state index contributed by atoms with van der Waals surface area (Å²) in [7, 11) is 0. The van der Waals surface area contributed by atoms with E-state index < -0.39 is 0 Å². The lowest BCUT2D eigenvalue weighted by Crippen LogP contribution is -2.17. The number of rotatable bonds is 3. The fourth-order valence-electron chi connectivity index (χ4n) is 1.32. The zero-order valence-corrected chi connectivity index (χ0v) is 10.8. The fourth-order valence-corrected chi connectivity index (χ4v) is 2.51. The minimum absolute atomic E-state index is 0. The summed E-state index contributed by atoms with van der Waals surface area (Å²) in [6.07, 6.45) is 3.10. The molecule has 0 bridgehead atoms. The van der Waals surface area contributed by atoms with E-state index in [1.165, 1.54) is 10.6 Å². The van der Waals surface area contributed by atoms with E-state index in [4.69, 9.17) is 0 Å². The third kappa shape index (κ3) is 2.42. The maximum absolute atomic E-state index is 3.80. The average molecular weight is 297 g/mol. The number of nitrogens with zero attached hydrogens (tertiary/aromatic N) is 1. The Morgan fingerprint density at radius 2 is 2.25 bits per heavy atom. The van der Waals surface area contributed by atoms with Crippen molar-refractivity contribution in [3.8, 4) is 0 Å². The molecule has 1 heterocycles. The minimum Gasteiger partial charge on any atom is -0.365 e. The van der Waals surface area contributed by atoms with Crippen LogP contribution in [-0.2, 0) is 0 Å². The summed E-state index contributed by atoms with van der Waals surface area (Å²) in [5, 5.41) is 0. The highest BCUT2D eigenvalue weighted by Gasteiger charge is 2.17. The zero-order chi connectivity index (χ0) is 8.27. The third-order valence-corrected chi connectivity index (χ3v) is 3.10. The van der Waals surface area contributed by atoms with Crippen molar-refractivity contribution < 1.29 is 0 Å². The van der Waals surface area contributed by atoms with Gasteiger partial charge < -0.3 is 4.90 Å². The Labute approximate surface area is 96.3 Å². The highest BCUT2D eigenvalue weighted by Crippen LogP contribution is 2.33. The zero-order valence-electron chi connectivity index (χ0n) is 7.67. The molecular weight excluding hydrogens is 281 g/mol. The molecule has 1 nitrogen and oxygen atoms in total. The summed E-state index contributed by atoms with van der Waals surface area (Å²) in [5.74, 6) is 1.11. The van der Waals surface area contributed by atoms with Gasteiger partial charge in [-0.15, -0.1) is 35.7 Å². The van der Waals surface area contributed by atoms with Crippen molar-refractivity contribution in [3.63, 3.8) is 0 Å². The lowest BCUT2D eigenvalue weighted by molar-refractivity contribution is 0.420. The highest BCUT2D eigenvalue weighted by atomic mass is 127. The SMILES string of the molecule is C=CC1=C(CC)N(CC)CS1.I. The molecule has 0 spiro atoms. The maximum atomic E-state index is 3.80. The van der Waals surface area contributed by atoms with Crippen LogP contribution < -0.4 is 0 Å². The first-order valence-electron chi connectivity index (χ1n) is 4.06. The molecule has 0 amide bonds. The number of hydrogen-bond acceptors (Lipinski definition) is 2. The van der Waals surface area contributed by atoms with E-state index in [9.17, 15) is 0 Å². The van der Waals surface area contributed by atoms with Gasteiger partial charge in [-0.05, 0) is 13.3 Å². The topological polar surface area (TPSA) is 3.24 Å². The molecule has 1 aliphatic heterocycles. The van der Waals surface area contributed by atoms with Crippen molar-refractivity contribution in [2.24, 2.45) is 0 Å². The third-order valence-electron chi connectivity index (χ3n) is 1.94. The second-order valence-electron chi connectivity index (χ2n) is 2.50. The summed E-state index contributed by atoms with van der Waals surface area (Å²) in [6, 6.07) is 0. The Kier molecular flexibility index (Phi) is 6.09. The van der Waals surface area contributed by atoms with Crippen LogP contribution in [0.25, 0.3) is 0 Å². The normalized spacial score (nSPS) is 16.3. The summed E-state index contributed by atoms with van der Waals surface area (Å²) < 4.78 is 0. The predicted octanol–water partition coefficient (Wildman–Crippen LogP) is 3.44. The average Bonchev–Trinajstić information content (AvgIpc) is 2.45. The van der Waals surface area contributed by atoms with Crippen molar-refractivity contribution in [2.45, 2.75) is 20.3 Å². The second kappa shape index (κ2) is 5.91. The largest absolute Gasteiger partial charge is 0.365 e. The second-order valence-corrected chi connectivity index (χ2v) is 3.48. The van der Waals surface area contributed by atoms with E-state index in [1.807, 2.05) is 17.8 Å². The van der Waals surface area contributed by atoms with E-state index >= 15 is 0 Å². The molecule has 0 aromatic heterocycles. The van der Waals surface area contributed by atoms with Crippen LogP contribution in [-0.4, -0.2) is 17.3 Å². The van der Waals surface area contributed by atoms with Gasteiger partial charge in [-0.1, -0.05) is 19.6 Å². The summed E-state index contributed by atoms with van der Waals surface area (Å²) in [4.78, 5) is 3.77. The molecule has 1 aliphatic rings. The van der Waals surface area contributed by atoms with Crippen molar-refractivity contribution in [2.75, 3.05) is 12.4 Å². The maximum Gasteiger partial charge on any atom is 0.0683 e. The monoisotopic (exact) mass is 297 g/mol. The smallest absolute Gasteiger partial charge is 0.0683 e. The van der Waals surface area contributed by atoms with Gasteiger partial charge in [0.25, 0.3) is 0 Å². The van der Waals surface area contributed by atoms with Gasteiger partial charge in [0.15, 0.2) is 0 Å². The van der Waals surface area contributed by atoms with Crippen LogP contribution in [0, 0.1) is 0 Å². The van der Waals surface area contributed by atoms with Crippen LogP contribution in [0.4, 0.5) is 0 Å². The first-order chi connectivity index (χ1) is 5.33. The van der Waals surface area contributed by atoms with Gasteiger partial charge in [0, 0.05) is 17.1 Å². The van der Waals surface area contributed by atoms with Gasteiger partial charge in [-0.25, -0.2) is 0 Å². The predicted molar refractivity (Wildman–Crippen MR) is 67.8 cm³/mol. The van der Waals surface area contributed by atoms with Gasteiger partial charge in [-0.3, -0.25) is 0 Å². The van der Waals surface area contributed by atoms with Crippen LogP contribution in [0.5, 0.6) is 0 Å². The Morgan fingerprint density at radius 1 is 1.58 bits per heavy atom. The van der Waals surface area contributed by atoms with E-state index in [0.29, 0.717) is 0 Å². The number of halogens is 1. The summed E-state index contributed by atoms with van der Waals surface area (Å²) >= 11 is 1.90. The highest BCUT2D eigenvalue weighted by molar-refractivity contribution is 14.0. The molecule has 0 aromatic carbocycles. The van der Waals surface area contributed by atoms with Gasteiger partial charge in [-0.2, -0.15) is 0 Å². The Bertz CT molecular complexity index is 189. The Balaban J connectivity index is 0.00000121. The van der Waals surface area contributed by atoms with E-state index in [2.05, 4.69) is 25.3 Å². The van der Waals surface area contributed by atoms with Crippen molar-refractivity contribution >= 4 is 35.7 Å². The Hall–Kier alpha value is 0.360. The minimum atomic E-state index is 0. The molecule has 0 aliphatic carbocycles. The van der Waals surface area contributed by atoms with Gasteiger partial charge in [0.2, 0.25) is 0 Å². The van der Waals surface area contributed by atoms with Crippen LogP contribution in [0.2, 0.25) is 0 Å². The lowest BCUT2D eigenvalue weighted by Gasteiger charge is -2.17. The van der Waals surface area contributed by atoms with Crippen LogP contribution in [0.15, 0.2) is 23.3 Å². The van der Waals surface area contributed by atoms with E-state index in [1.54, 1.807) is 0 Å². The molecule has 0 saturated heterocycles. The fraction of sp³-hybridized carbons (Fsp3) is 0.556. The van der Waals surface area contributed by atoms with Crippen molar-refractivity contribution in [1.82, 2.24) is 4.90 Å². The lowest BCUT2D eigenvalue weighted by atomic mass is 10.3. The first-order valence-corrected chi connectivity index (χ1v) is 5.05. The molecule has 0 fully saturated rings. The standard InChI is InChI=1S/C9H15NS.HI/c1-4-8-9(5-2)11-7-10(8)6-3;/h5H,2,4,6-7H2,1,3H3;1H. The number of thioether (sulfide) groups is 1. The van der Waals surface area contributed by atoms with Gasteiger partial charge >= 0.3 is 0 Å². The number of allylic oxidation sites excluding steroid dienone is 2. The van der Waals surface area contributed by atoms with Crippen LogP contribution >= 0.6 is 35.7 Å². The van der Waals surface area contributed by atoms with Gasteiger partial charge in [0.05, 0.1) is 5.88 Å². The van der Waals surface area contributed by atoms with Crippen LogP contribution in [0.3, 0.4) is 0 Å². The molecule has 12 heavy (non-hydrogen) atoms. The van der Waals surface area contributed by atoms with Crippen LogP contribution in [0.1, 0.15) is 20.3 Å². The quantitative estimate of drug-likeness (QED) is 0.734. The molecule has 0 unspecified atom stereocenters. The van der Waals surface area contributed by atoms with E-state index in [0.717, 1.165) is 18.8 Å². The molecule has 1 rings (SSSR count). The summed E-state index contributed by atoms with van der Waals surface area (Å²) in [5.41, 5.74) is 1.47. The molecule has 0 saturated carbocycles. The molecule has 0 aromatic rings. The number of hydrogen-bond donors (Lipinski definition) is 0. The Morgan fingerprint density at radius 3 is 2.67 bits per heavy atom. The molecule has 0 atom stereocenters. The molecule has 0 radical (unpaired) electrons. The first kappa shape index (κ1) is 12.4. The van der Waals surface area contributed by atoms with E-state index in [-0.39, 0.29) is 24.0 Å². The molecular formula is C9H16INS. The molecule has 3 heteroatoms. The summed E-state index contributed by atoms with van der Waals surface area (Å²) in [6.45, 7) is 9.32. The molecule has 70 valence electrons. The van der Waals surface area contributed by atoms with Gasteiger partial charge in [0.1, 0.15) is 0 Å². The molecule has 0 N–H and O–H groups in total. The van der Waals surface area contributed by atoms with Crippen molar-refractivity contribution in [1.29, 1.82) is 0 Å².